The molecule has 1 aliphatic rings. The minimum Gasteiger partial charge on any atom is -0.310 e. The van der Waals surface area contributed by atoms with Crippen molar-refractivity contribution in [2.45, 2.75) is 51.0 Å². The zero-order valence-corrected chi connectivity index (χ0v) is 6.69. The first-order chi connectivity index (χ1) is 4.83. The van der Waals surface area contributed by atoms with Crippen LogP contribution >= 0.6 is 0 Å². The predicted octanol–water partition coefficient (Wildman–Crippen LogP) is 3.02. The van der Waals surface area contributed by atoms with Crippen molar-refractivity contribution in [2.24, 2.45) is 0 Å². The highest BCUT2D eigenvalue weighted by molar-refractivity contribution is 4.98. The van der Waals surface area contributed by atoms with Crippen LogP contribution in [0.2, 0.25) is 0 Å². The topological polar surface area (TPSA) is 4.36 Å². The molecule has 0 bridgehead atoms. The van der Waals surface area contributed by atoms with Crippen LogP contribution in [0.4, 0.5) is 0 Å². The molecule has 0 aliphatic heterocycles. The molecule has 1 heteroatoms. The first kappa shape index (κ1) is 7.60. The van der Waals surface area contributed by atoms with Crippen LogP contribution in [0.15, 0.2) is 0 Å². The Morgan fingerprint density at radius 3 is 2.20 bits per heavy atom. The molecule has 0 aromatic heterocycles. The van der Waals surface area contributed by atoms with Crippen LogP contribution in [0.25, 0.3) is 4.85 Å². The summed E-state index contributed by atoms with van der Waals surface area (Å²) in [6.07, 6.45) is 7.24. The Balaban J connectivity index is 2.55. The highest BCUT2D eigenvalue weighted by Crippen LogP contribution is 2.34. The smallest absolute Gasteiger partial charge is 0.232 e. The molecule has 56 valence electrons. The van der Waals surface area contributed by atoms with E-state index in [2.05, 4.69) is 11.8 Å². The zero-order chi connectivity index (χ0) is 7.45. The van der Waals surface area contributed by atoms with Gasteiger partial charge in [0.05, 0.1) is 0 Å². The summed E-state index contributed by atoms with van der Waals surface area (Å²) in [4.78, 5) is 3.75. The molecule has 0 atom stereocenters. The highest BCUT2D eigenvalue weighted by atomic mass is 14.8. The van der Waals surface area contributed by atoms with Crippen molar-refractivity contribution in [2.75, 3.05) is 0 Å². The lowest BCUT2D eigenvalue weighted by Crippen LogP contribution is -2.26. The maximum atomic E-state index is 7.07. The highest BCUT2D eigenvalue weighted by Gasteiger charge is 2.35. The van der Waals surface area contributed by atoms with E-state index in [4.69, 9.17) is 6.57 Å². The molecule has 0 amide bonds. The fraction of sp³-hybridized carbons (Fsp3) is 0.889. The molecule has 1 rings (SSSR count). The van der Waals surface area contributed by atoms with Crippen LogP contribution in [0.1, 0.15) is 45.4 Å². The van der Waals surface area contributed by atoms with Crippen molar-refractivity contribution in [3.05, 3.63) is 11.4 Å². The van der Waals surface area contributed by atoms with E-state index in [9.17, 15) is 0 Å². The quantitative estimate of drug-likeness (QED) is 0.489. The van der Waals surface area contributed by atoms with E-state index in [1.54, 1.807) is 0 Å². The third kappa shape index (κ3) is 1.31. The van der Waals surface area contributed by atoms with Gasteiger partial charge < -0.3 is 4.85 Å². The lowest BCUT2D eigenvalue weighted by Gasteiger charge is -2.24. The molecule has 10 heavy (non-hydrogen) atoms. The summed E-state index contributed by atoms with van der Waals surface area (Å²) in [5, 5.41) is 0. The van der Waals surface area contributed by atoms with Gasteiger partial charge in [0.1, 0.15) is 0 Å². The molecule has 0 saturated heterocycles. The molecule has 0 aromatic carbocycles. The van der Waals surface area contributed by atoms with Gasteiger partial charge in [0.25, 0.3) is 0 Å². The van der Waals surface area contributed by atoms with Crippen LogP contribution in [0.5, 0.6) is 0 Å². The van der Waals surface area contributed by atoms with Gasteiger partial charge in [-0.3, -0.25) is 0 Å². The molecule has 0 heterocycles. The minimum atomic E-state index is 0.0538. The fourth-order valence-corrected chi connectivity index (χ4v) is 1.75. The van der Waals surface area contributed by atoms with Crippen molar-refractivity contribution >= 4 is 0 Å². The number of rotatable bonds is 1. The molecular formula is C9H15N. The van der Waals surface area contributed by atoms with Crippen molar-refractivity contribution in [3.8, 4) is 0 Å². The second-order valence-electron chi connectivity index (χ2n) is 3.25. The summed E-state index contributed by atoms with van der Waals surface area (Å²) < 4.78 is 0. The van der Waals surface area contributed by atoms with E-state index in [0.29, 0.717) is 0 Å². The first-order valence-electron chi connectivity index (χ1n) is 4.21. The Labute approximate surface area is 63.3 Å². The van der Waals surface area contributed by atoms with Gasteiger partial charge in [0, 0.05) is 19.3 Å². The lowest BCUT2D eigenvalue weighted by atomic mass is 9.81. The molecule has 0 aromatic rings. The summed E-state index contributed by atoms with van der Waals surface area (Å²) >= 11 is 0. The summed E-state index contributed by atoms with van der Waals surface area (Å²) in [7, 11) is 0. The normalized spacial score (nSPS) is 23.6. The van der Waals surface area contributed by atoms with Crippen molar-refractivity contribution in [3.63, 3.8) is 0 Å². The number of hydrogen-bond acceptors (Lipinski definition) is 0. The molecule has 1 nitrogen and oxygen atoms in total. The van der Waals surface area contributed by atoms with Crippen LogP contribution < -0.4 is 0 Å². The van der Waals surface area contributed by atoms with Gasteiger partial charge in [-0.1, -0.05) is 13.3 Å². The monoisotopic (exact) mass is 137 g/mol. The van der Waals surface area contributed by atoms with Crippen LogP contribution in [0, 0.1) is 6.57 Å². The van der Waals surface area contributed by atoms with E-state index in [1.807, 2.05) is 0 Å². The van der Waals surface area contributed by atoms with Crippen LogP contribution in [-0.4, -0.2) is 5.54 Å². The molecule has 0 spiro atoms. The Morgan fingerprint density at radius 1 is 1.30 bits per heavy atom. The van der Waals surface area contributed by atoms with Gasteiger partial charge in [0.2, 0.25) is 5.54 Å². The number of nitrogens with zero attached hydrogens (tertiary/aromatic N) is 1. The second-order valence-corrected chi connectivity index (χ2v) is 3.25. The van der Waals surface area contributed by atoms with E-state index >= 15 is 0 Å². The SMILES string of the molecule is [C-]#[N+]C1(CC)CCCCC1. The fourth-order valence-electron chi connectivity index (χ4n) is 1.75. The summed E-state index contributed by atoms with van der Waals surface area (Å²) in [6.45, 7) is 9.21. The molecule has 0 radical (unpaired) electrons. The first-order valence-corrected chi connectivity index (χ1v) is 4.21. The third-order valence-corrected chi connectivity index (χ3v) is 2.68. The lowest BCUT2D eigenvalue weighted by molar-refractivity contribution is 0.337. The predicted molar refractivity (Wildman–Crippen MR) is 42.7 cm³/mol. The van der Waals surface area contributed by atoms with Crippen LogP contribution in [-0.2, 0) is 0 Å². The Hall–Kier alpha value is -0.510. The van der Waals surface area contributed by atoms with Gasteiger partial charge >= 0.3 is 0 Å². The van der Waals surface area contributed by atoms with E-state index in [-0.39, 0.29) is 5.54 Å². The Kier molecular flexibility index (Phi) is 2.32. The van der Waals surface area contributed by atoms with E-state index < -0.39 is 0 Å². The summed E-state index contributed by atoms with van der Waals surface area (Å²) in [5.41, 5.74) is 0.0538. The minimum absolute atomic E-state index is 0.0538. The second kappa shape index (κ2) is 3.05. The van der Waals surface area contributed by atoms with Crippen molar-refractivity contribution in [1.82, 2.24) is 0 Å². The Morgan fingerprint density at radius 2 is 1.90 bits per heavy atom. The summed E-state index contributed by atoms with van der Waals surface area (Å²) in [6, 6.07) is 0. The maximum absolute atomic E-state index is 7.07. The molecule has 1 fully saturated rings. The van der Waals surface area contributed by atoms with Gasteiger partial charge in [-0.2, -0.15) is 0 Å². The molecule has 0 unspecified atom stereocenters. The molecule has 1 aliphatic carbocycles. The standard InChI is InChI=1S/C9H15N/c1-3-9(10-2)7-5-4-6-8-9/h3-8H2,1H3. The van der Waals surface area contributed by atoms with Crippen molar-refractivity contribution in [1.29, 1.82) is 0 Å². The average Bonchev–Trinajstić information content (AvgIpc) is 2.06. The van der Waals surface area contributed by atoms with Gasteiger partial charge in [-0.25, -0.2) is 6.57 Å². The van der Waals surface area contributed by atoms with E-state index in [0.717, 1.165) is 19.3 Å². The van der Waals surface area contributed by atoms with E-state index in [1.165, 1.54) is 19.3 Å². The van der Waals surface area contributed by atoms with Gasteiger partial charge in [0.15, 0.2) is 0 Å². The average molecular weight is 137 g/mol. The number of hydrogen-bond donors (Lipinski definition) is 0. The summed E-state index contributed by atoms with van der Waals surface area (Å²) in [5.74, 6) is 0. The zero-order valence-electron chi connectivity index (χ0n) is 6.69. The molecular weight excluding hydrogens is 122 g/mol. The van der Waals surface area contributed by atoms with Gasteiger partial charge in [-0.15, -0.1) is 0 Å². The van der Waals surface area contributed by atoms with Crippen LogP contribution in [0.3, 0.4) is 0 Å². The van der Waals surface area contributed by atoms with Gasteiger partial charge in [-0.05, 0) is 12.8 Å². The molecule has 1 saturated carbocycles. The van der Waals surface area contributed by atoms with Crippen molar-refractivity contribution < 1.29 is 0 Å². The third-order valence-electron chi connectivity index (χ3n) is 2.68. The molecule has 0 N–H and O–H groups in total. The maximum Gasteiger partial charge on any atom is 0.232 e. The Bertz CT molecular complexity index is 137. The largest absolute Gasteiger partial charge is 0.310 e.